The van der Waals surface area contributed by atoms with Crippen LogP contribution in [0.2, 0.25) is 0 Å². The van der Waals surface area contributed by atoms with E-state index in [4.69, 9.17) is 0 Å². The van der Waals surface area contributed by atoms with E-state index in [1.165, 1.54) is 5.56 Å². The Hall–Kier alpha value is -1.51. The first-order valence-electron chi connectivity index (χ1n) is 7.85. The fourth-order valence-electron chi connectivity index (χ4n) is 2.20. The Bertz CT molecular complexity index is 461. The molecule has 21 heavy (non-hydrogen) atoms. The van der Waals surface area contributed by atoms with Gasteiger partial charge in [0.05, 0.1) is 0 Å². The van der Waals surface area contributed by atoms with E-state index < -0.39 is 0 Å². The average Bonchev–Trinajstić information content (AvgIpc) is 2.37. The van der Waals surface area contributed by atoms with Gasteiger partial charge in [-0.05, 0) is 36.3 Å². The third-order valence-electron chi connectivity index (χ3n) is 3.52. The number of hydrogen-bond donors (Lipinski definition) is 2. The predicted molar refractivity (Wildman–Crippen MR) is 90.7 cm³/mol. The van der Waals surface area contributed by atoms with Crippen molar-refractivity contribution in [2.75, 3.05) is 11.9 Å². The number of amides is 1. The molecule has 118 valence electrons. The summed E-state index contributed by atoms with van der Waals surface area (Å²) in [5.41, 5.74) is 2.32. The fraction of sp³-hybridized carbons (Fsp3) is 0.611. The molecule has 1 atom stereocenters. The number of hydrogen-bond acceptors (Lipinski definition) is 2. The topological polar surface area (TPSA) is 41.1 Å². The van der Waals surface area contributed by atoms with Crippen LogP contribution in [0.3, 0.4) is 0 Å². The first kappa shape index (κ1) is 17.5. The summed E-state index contributed by atoms with van der Waals surface area (Å²) in [7, 11) is 0. The fourth-order valence-corrected chi connectivity index (χ4v) is 2.20. The van der Waals surface area contributed by atoms with E-state index in [1.54, 1.807) is 0 Å². The third kappa shape index (κ3) is 5.78. The Kier molecular flexibility index (Phi) is 6.25. The SMILES string of the molecule is CC(C)CCNC(=O)C(C)Nc1ccccc1C(C)(C)C. The van der Waals surface area contributed by atoms with Crippen LogP contribution in [0.15, 0.2) is 24.3 Å². The molecular weight excluding hydrogens is 260 g/mol. The van der Waals surface area contributed by atoms with E-state index in [2.05, 4.69) is 51.3 Å². The summed E-state index contributed by atoms with van der Waals surface area (Å²) < 4.78 is 0. The van der Waals surface area contributed by atoms with Crippen molar-refractivity contribution in [3.63, 3.8) is 0 Å². The average molecular weight is 290 g/mol. The van der Waals surface area contributed by atoms with Gasteiger partial charge in [-0.1, -0.05) is 52.8 Å². The smallest absolute Gasteiger partial charge is 0.242 e. The second-order valence-electron chi connectivity index (χ2n) is 7.14. The number of rotatable bonds is 6. The number of benzene rings is 1. The van der Waals surface area contributed by atoms with Crippen LogP contribution in [0.1, 0.15) is 53.5 Å². The number of carbonyl (C=O) groups excluding carboxylic acids is 1. The van der Waals surface area contributed by atoms with Gasteiger partial charge in [-0.3, -0.25) is 4.79 Å². The van der Waals surface area contributed by atoms with Gasteiger partial charge in [0.1, 0.15) is 6.04 Å². The van der Waals surface area contributed by atoms with E-state index in [-0.39, 0.29) is 17.4 Å². The monoisotopic (exact) mass is 290 g/mol. The summed E-state index contributed by atoms with van der Waals surface area (Å²) in [6.45, 7) is 13.5. The van der Waals surface area contributed by atoms with Crippen LogP contribution < -0.4 is 10.6 Å². The molecule has 0 aliphatic rings. The number of carbonyl (C=O) groups is 1. The van der Waals surface area contributed by atoms with Gasteiger partial charge >= 0.3 is 0 Å². The molecular formula is C18H30N2O. The first-order valence-corrected chi connectivity index (χ1v) is 7.85. The normalized spacial score (nSPS) is 13.1. The van der Waals surface area contributed by atoms with Gasteiger partial charge in [-0.25, -0.2) is 0 Å². The molecule has 0 fully saturated rings. The van der Waals surface area contributed by atoms with Gasteiger partial charge in [0, 0.05) is 12.2 Å². The van der Waals surface area contributed by atoms with Crippen LogP contribution in [0.4, 0.5) is 5.69 Å². The molecule has 0 spiro atoms. The van der Waals surface area contributed by atoms with Crippen molar-refractivity contribution in [1.82, 2.24) is 5.32 Å². The van der Waals surface area contributed by atoms with Crippen molar-refractivity contribution in [2.24, 2.45) is 5.92 Å². The molecule has 0 bridgehead atoms. The summed E-state index contributed by atoms with van der Waals surface area (Å²) in [6.07, 6.45) is 1.01. The van der Waals surface area contributed by atoms with Crippen molar-refractivity contribution in [3.8, 4) is 0 Å². The number of para-hydroxylation sites is 1. The molecule has 0 aliphatic heterocycles. The summed E-state index contributed by atoms with van der Waals surface area (Å²) in [4.78, 5) is 12.1. The second kappa shape index (κ2) is 7.48. The molecule has 1 aromatic carbocycles. The molecule has 0 aromatic heterocycles. The molecule has 1 unspecified atom stereocenters. The van der Waals surface area contributed by atoms with Crippen LogP contribution in [0, 0.1) is 5.92 Å². The summed E-state index contributed by atoms with van der Waals surface area (Å²) in [6, 6.07) is 7.96. The van der Waals surface area contributed by atoms with Gasteiger partial charge in [0.15, 0.2) is 0 Å². The Morgan fingerprint density at radius 1 is 1.14 bits per heavy atom. The van der Waals surface area contributed by atoms with E-state index in [1.807, 2.05) is 25.1 Å². The Morgan fingerprint density at radius 3 is 2.33 bits per heavy atom. The zero-order valence-electron chi connectivity index (χ0n) is 14.3. The van der Waals surface area contributed by atoms with Crippen LogP contribution in [-0.2, 0) is 10.2 Å². The molecule has 3 nitrogen and oxygen atoms in total. The Balaban J connectivity index is 2.67. The highest BCUT2D eigenvalue weighted by atomic mass is 16.2. The van der Waals surface area contributed by atoms with Crippen LogP contribution in [-0.4, -0.2) is 18.5 Å². The second-order valence-corrected chi connectivity index (χ2v) is 7.14. The van der Waals surface area contributed by atoms with Crippen LogP contribution in [0.25, 0.3) is 0 Å². The van der Waals surface area contributed by atoms with Gasteiger partial charge < -0.3 is 10.6 Å². The zero-order chi connectivity index (χ0) is 16.0. The van der Waals surface area contributed by atoms with E-state index in [0.717, 1.165) is 18.7 Å². The summed E-state index contributed by atoms with van der Waals surface area (Å²) in [5, 5.41) is 6.33. The molecule has 1 amide bonds. The molecule has 0 radical (unpaired) electrons. The Morgan fingerprint density at radius 2 is 1.76 bits per heavy atom. The number of nitrogens with one attached hydrogen (secondary N) is 2. The number of anilines is 1. The van der Waals surface area contributed by atoms with Crippen molar-refractivity contribution >= 4 is 11.6 Å². The standard InChI is InChI=1S/C18H30N2O/c1-13(2)11-12-19-17(21)14(3)20-16-10-8-7-9-15(16)18(4,5)6/h7-10,13-14,20H,11-12H2,1-6H3,(H,19,21). The maximum absolute atomic E-state index is 12.1. The van der Waals surface area contributed by atoms with Gasteiger partial charge in [0.2, 0.25) is 5.91 Å². The molecule has 2 N–H and O–H groups in total. The minimum atomic E-state index is -0.235. The van der Waals surface area contributed by atoms with Gasteiger partial charge in [-0.15, -0.1) is 0 Å². The highest BCUT2D eigenvalue weighted by molar-refractivity contribution is 5.84. The maximum atomic E-state index is 12.1. The molecule has 0 saturated heterocycles. The van der Waals surface area contributed by atoms with Crippen LogP contribution >= 0.6 is 0 Å². The van der Waals surface area contributed by atoms with E-state index >= 15 is 0 Å². The largest absolute Gasteiger partial charge is 0.374 e. The lowest BCUT2D eigenvalue weighted by molar-refractivity contribution is -0.121. The van der Waals surface area contributed by atoms with E-state index in [9.17, 15) is 4.79 Å². The highest BCUT2D eigenvalue weighted by Gasteiger charge is 2.20. The lowest BCUT2D eigenvalue weighted by atomic mass is 9.85. The quantitative estimate of drug-likeness (QED) is 0.833. The van der Waals surface area contributed by atoms with E-state index in [0.29, 0.717) is 5.92 Å². The van der Waals surface area contributed by atoms with Crippen molar-refractivity contribution in [1.29, 1.82) is 0 Å². The van der Waals surface area contributed by atoms with Crippen molar-refractivity contribution in [3.05, 3.63) is 29.8 Å². The Labute approximate surface area is 129 Å². The molecule has 1 aromatic rings. The van der Waals surface area contributed by atoms with Crippen molar-refractivity contribution in [2.45, 2.75) is 59.4 Å². The zero-order valence-corrected chi connectivity index (χ0v) is 14.3. The molecule has 0 aliphatic carbocycles. The minimum absolute atomic E-state index is 0.0530. The summed E-state index contributed by atoms with van der Waals surface area (Å²) in [5.74, 6) is 0.662. The minimum Gasteiger partial charge on any atom is -0.374 e. The van der Waals surface area contributed by atoms with Gasteiger partial charge in [-0.2, -0.15) is 0 Å². The molecule has 0 heterocycles. The van der Waals surface area contributed by atoms with Crippen molar-refractivity contribution < 1.29 is 4.79 Å². The first-order chi connectivity index (χ1) is 9.71. The third-order valence-corrected chi connectivity index (χ3v) is 3.52. The van der Waals surface area contributed by atoms with Gasteiger partial charge in [0.25, 0.3) is 0 Å². The lowest BCUT2D eigenvalue weighted by Gasteiger charge is -2.25. The molecule has 3 heteroatoms. The van der Waals surface area contributed by atoms with Crippen LogP contribution in [0.5, 0.6) is 0 Å². The maximum Gasteiger partial charge on any atom is 0.242 e. The predicted octanol–water partition coefficient (Wildman–Crippen LogP) is 3.95. The molecule has 1 rings (SSSR count). The summed E-state index contributed by atoms with van der Waals surface area (Å²) >= 11 is 0. The lowest BCUT2D eigenvalue weighted by Crippen LogP contribution is -2.38. The highest BCUT2D eigenvalue weighted by Crippen LogP contribution is 2.29. The molecule has 0 saturated carbocycles.